The van der Waals surface area contributed by atoms with Gasteiger partial charge in [0.2, 0.25) is 0 Å². The SMILES string of the molecule is Cc1nc(Cl)c(-c2ccc(C(C)C)cc2)nc1C. The molecule has 0 unspecified atom stereocenters. The Morgan fingerprint density at radius 3 is 2.06 bits per heavy atom. The van der Waals surface area contributed by atoms with Crippen LogP contribution in [0.5, 0.6) is 0 Å². The van der Waals surface area contributed by atoms with Gasteiger partial charge in [-0.05, 0) is 25.3 Å². The third-order valence-corrected chi connectivity index (χ3v) is 3.38. The summed E-state index contributed by atoms with van der Waals surface area (Å²) >= 11 is 6.16. The number of halogens is 1. The Hall–Kier alpha value is -1.41. The van der Waals surface area contributed by atoms with Gasteiger partial charge in [0.05, 0.1) is 11.4 Å². The molecule has 0 N–H and O–H groups in total. The van der Waals surface area contributed by atoms with Crippen LogP contribution in [0.4, 0.5) is 0 Å². The van der Waals surface area contributed by atoms with E-state index in [9.17, 15) is 0 Å². The van der Waals surface area contributed by atoms with Gasteiger partial charge in [0, 0.05) is 5.56 Å². The number of hydrogen-bond acceptors (Lipinski definition) is 2. The van der Waals surface area contributed by atoms with Crippen LogP contribution in [-0.4, -0.2) is 9.97 Å². The summed E-state index contributed by atoms with van der Waals surface area (Å²) < 4.78 is 0. The molecule has 2 rings (SSSR count). The minimum absolute atomic E-state index is 0.468. The lowest BCUT2D eigenvalue weighted by atomic mass is 10.0. The highest BCUT2D eigenvalue weighted by atomic mass is 35.5. The molecule has 0 aliphatic carbocycles. The molecule has 0 bridgehead atoms. The Labute approximate surface area is 113 Å². The van der Waals surface area contributed by atoms with Crippen molar-refractivity contribution in [2.45, 2.75) is 33.6 Å². The van der Waals surface area contributed by atoms with Gasteiger partial charge in [0.25, 0.3) is 0 Å². The van der Waals surface area contributed by atoms with Crippen molar-refractivity contribution in [1.82, 2.24) is 9.97 Å². The molecule has 0 radical (unpaired) electrons. The van der Waals surface area contributed by atoms with Crippen LogP contribution >= 0.6 is 11.6 Å². The smallest absolute Gasteiger partial charge is 0.155 e. The molecular weight excluding hydrogens is 244 g/mol. The summed E-state index contributed by atoms with van der Waals surface area (Å²) in [5.41, 5.74) is 4.88. The first-order valence-corrected chi connectivity index (χ1v) is 6.48. The number of benzene rings is 1. The Kier molecular flexibility index (Phi) is 3.67. The van der Waals surface area contributed by atoms with Gasteiger partial charge >= 0.3 is 0 Å². The van der Waals surface area contributed by atoms with Crippen LogP contribution < -0.4 is 0 Å². The van der Waals surface area contributed by atoms with Crippen molar-refractivity contribution in [1.29, 1.82) is 0 Å². The average molecular weight is 261 g/mol. The van der Waals surface area contributed by atoms with Gasteiger partial charge in [-0.15, -0.1) is 0 Å². The molecule has 94 valence electrons. The van der Waals surface area contributed by atoms with Crippen LogP contribution in [0.1, 0.15) is 36.7 Å². The van der Waals surface area contributed by atoms with Crippen molar-refractivity contribution in [3.63, 3.8) is 0 Å². The number of nitrogens with zero attached hydrogens (tertiary/aromatic N) is 2. The van der Waals surface area contributed by atoms with E-state index in [1.807, 2.05) is 13.8 Å². The largest absolute Gasteiger partial charge is 0.248 e. The minimum atomic E-state index is 0.468. The van der Waals surface area contributed by atoms with E-state index >= 15 is 0 Å². The second-order valence-corrected chi connectivity index (χ2v) is 5.17. The molecule has 0 fully saturated rings. The third-order valence-electron chi connectivity index (χ3n) is 3.12. The van der Waals surface area contributed by atoms with Gasteiger partial charge in [0.15, 0.2) is 5.15 Å². The molecule has 0 aliphatic heterocycles. The van der Waals surface area contributed by atoms with Crippen LogP contribution in [-0.2, 0) is 0 Å². The summed E-state index contributed by atoms with van der Waals surface area (Å²) in [6.45, 7) is 8.22. The summed E-state index contributed by atoms with van der Waals surface area (Å²) in [7, 11) is 0. The highest BCUT2D eigenvalue weighted by Crippen LogP contribution is 2.26. The Morgan fingerprint density at radius 2 is 1.50 bits per heavy atom. The summed E-state index contributed by atoms with van der Waals surface area (Å²) in [6.07, 6.45) is 0. The van der Waals surface area contributed by atoms with Crippen molar-refractivity contribution in [2.24, 2.45) is 0 Å². The van der Waals surface area contributed by atoms with E-state index in [1.165, 1.54) is 5.56 Å². The Balaban J connectivity index is 2.46. The molecule has 0 saturated carbocycles. The molecule has 18 heavy (non-hydrogen) atoms. The van der Waals surface area contributed by atoms with Crippen LogP contribution in [0.3, 0.4) is 0 Å². The van der Waals surface area contributed by atoms with E-state index < -0.39 is 0 Å². The fourth-order valence-corrected chi connectivity index (χ4v) is 2.06. The second-order valence-electron chi connectivity index (χ2n) is 4.81. The normalized spacial score (nSPS) is 11.0. The van der Waals surface area contributed by atoms with Gasteiger partial charge in [-0.25, -0.2) is 9.97 Å². The highest BCUT2D eigenvalue weighted by Gasteiger charge is 2.09. The molecular formula is C15H17ClN2. The quantitative estimate of drug-likeness (QED) is 0.792. The lowest BCUT2D eigenvalue weighted by Crippen LogP contribution is -1.96. The summed E-state index contributed by atoms with van der Waals surface area (Å²) in [5.74, 6) is 0.528. The first-order chi connectivity index (χ1) is 8.49. The summed E-state index contributed by atoms with van der Waals surface area (Å²) in [4.78, 5) is 8.83. The fraction of sp³-hybridized carbons (Fsp3) is 0.333. The highest BCUT2D eigenvalue weighted by molar-refractivity contribution is 6.31. The van der Waals surface area contributed by atoms with E-state index in [-0.39, 0.29) is 0 Å². The third kappa shape index (κ3) is 2.54. The van der Waals surface area contributed by atoms with E-state index in [0.29, 0.717) is 11.1 Å². The molecule has 1 aromatic carbocycles. The maximum absolute atomic E-state index is 6.16. The predicted octanol–water partition coefficient (Wildman–Crippen LogP) is 4.54. The molecule has 2 nitrogen and oxygen atoms in total. The Morgan fingerprint density at radius 1 is 0.944 bits per heavy atom. The van der Waals surface area contributed by atoms with Crippen molar-refractivity contribution in [2.75, 3.05) is 0 Å². The fourth-order valence-electron chi connectivity index (χ4n) is 1.79. The van der Waals surface area contributed by atoms with Crippen LogP contribution in [0.25, 0.3) is 11.3 Å². The van der Waals surface area contributed by atoms with Crippen molar-refractivity contribution >= 4 is 11.6 Å². The zero-order valence-corrected chi connectivity index (χ0v) is 11.9. The molecule has 0 amide bonds. The van der Waals surface area contributed by atoms with Gasteiger partial charge in [-0.2, -0.15) is 0 Å². The van der Waals surface area contributed by atoms with Gasteiger partial charge < -0.3 is 0 Å². The van der Waals surface area contributed by atoms with Crippen molar-refractivity contribution in [3.8, 4) is 11.3 Å². The molecule has 0 atom stereocenters. The van der Waals surface area contributed by atoms with Gasteiger partial charge in [-0.3, -0.25) is 0 Å². The first-order valence-electron chi connectivity index (χ1n) is 6.10. The first kappa shape index (κ1) is 13.0. The lowest BCUT2D eigenvalue weighted by Gasteiger charge is -2.09. The maximum atomic E-state index is 6.16. The second kappa shape index (κ2) is 5.07. The van der Waals surface area contributed by atoms with Crippen molar-refractivity contribution in [3.05, 3.63) is 46.4 Å². The van der Waals surface area contributed by atoms with Gasteiger partial charge in [0.1, 0.15) is 5.69 Å². The average Bonchev–Trinajstić information content (AvgIpc) is 2.34. The zero-order chi connectivity index (χ0) is 13.3. The van der Waals surface area contributed by atoms with E-state index in [4.69, 9.17) is 11.6 Å². The van der Waals surface area contributed by atoms with Crippen LogP contribution in [0, 0.1) is 13.8 Å². The number of rotatable bonds is 2. The standard InChI is InChI=1S/C15H17ClN2/c1-9(2)12-5-7-13(8-6-12)14-15(16)18-11(4)10(3)17-14/h5-9H,1-4H3. The van der Waals surface area contributed by atoms with Crippen molar-refractivity contribution < 1.29 is 0 Å². The maximum Gasteiger partial charge on any atom is 0.155 e. The van der Waals surface area contributed by atoms with Crippen LogP contribution in [0.15, 0.2) is 24.3 Å². The minimum Gasteiger partial charge on any atom is -0.248 e. The predicted molar refractivity (Wildman–Crippen MR) is 76.0 cm³/mol. The van der Waals surface area contributed by atoms with E-state index in [2.05, 4.69) is 48.1 Å². The zero-order valence-electron chi connectivity index (χ0n) is 11.2. The monoisotopic (exact) mass is 260 g/mol. The molecule has 3 heteroatoms. The Bertz CT molecular complexity index is 559. The molecule has 0 aliphatic rings. The molecule has 0 saturated heterocycles. The molecule has 0 spiro atoms. The van der Waals surface area contributed by atoms with Crippen LogP contribution in [0.2, 0.25) is 5.15 Å². The number of aryl methyl sites for hydroxylation is 2. The lowest BCUT2D eigenvalue weighted by molar-refractivity contribution is 0.867. The molecule has 1 aromatic heterocycles. The van der Waals surface area contributed by atoms with E-state index in [1.54, 1.807) is 0 Å². The summed E-state index contributed by atoms with van der Waals surface area (Å²) in [6, 6.07) is 8.35. The number of aromatic nitrogens is 2. The summed E-state index contributed by atoms with van der Waals surface area (Å²) in [5, 5.41) is 0.468. The van der Waals surface area contributed by atoms with E-state index in [0.717, 1.165) is 22.6 Å². The topological polar surface area (TPSA) is 25.8 Å². The molecule has 2 aromatic rings. The molecule has 1 heterocycles. The van der Waals surface area contributed by atoms with Gasteiger partial charge in [-0.1, -0.05) is 49.7 Å². The number of hydrogen-bond donors (Lipinski definition) is 0.